The SMILES string of the molecule is CC(NC(=O)NCC(CC(C)(C)C)C(=O)O)c1ncc[nH]1. The van der Waals surface area contributed by atoms with Crippen molar-refractivity contribution in [3.63, 3.8) is 0 Å². The largest absolute Gasteiger partial charge is 0.481 e. The predicted octanol–water partition coefficient (Wildman–Crippen LogP) is 1.91. The van der Waals surface area contributed by atoms with Gasteiger partial charge in [0.25, 0.3) is 0 Å². The van der Waals surface area contributed by atoms with Gasteiger partial charge in [-0.1, -0.05) is 20.8 Å². The number of rotatable bonds is 6. The lowest BCUT2D eigenvalue weighted by atomic mass is 9.84. The Morgan fingerprint density at radius 1 is 1.43 bits per heavy atom. The summed E-state index contributed by atoms with van der Waals surface area (Å²) in [5.74, 6) is -0.853. The van der Waals surface area contributed by atoms with Crippen molar-refractivity contribution in [3.05, 3.63) is 18.2 Å². The Balaban J connectivity index is 2.45. The van der Waals surface area contributed by atoms with Crippen molar-refractivity contribution in [3.8, 4) is 0 Å². The van der Waals surface area contributed by atoms with Crippen LogP contribution in [-0.2, 0) is 4.79 Å². The number of urea groups is 1. The van der Waals surface area contributed by atoms with Gasteiger partial charge in [0.1, 0.15) is 5.82 Å². The van der Waals surface area contributed by atoms with E-state index in [2.05, 4.69) is 20.6 Å². The maximum atomic E-state index is 11.8. The Bertz CT molecular complexity index is 465. The molecule has 0 aliphatic heterocycles. The minimum Gasteiger partial charge on any atom is -0.481 e. The van der Waals surface area contributed by atoms with Crippen molar-refractivity contribution in [2.24, 2.45) is 11.3 Å². The molecule has 0 saturated carbocycles. The molecule has 1 aromatic heterocycles. The van der Waals surface area contributed by atoms with Gasteiger partial charge in [0.05, 0.1) is 12.0 Å². The highest BCUT2D eigenvalue weighted by Crippen LogP contribution is 2.24. The molecule has 0 fully saturated rings. The van der Waals surface area contributed by atoms with Crippen molar-refractivity contribution in [1.29, 1.82) is 0 Å². The number of carboxylic acid groups (broad SMARTS) is 1. The van der Waals surface area contributed by atoms with E-state index in [4.69, 9.17) is 0 Å². The number of carboxylic acids is 1. The van der Waals surface area contributed by atoms with Gasteiger partial charge in [-0.15, -0.1) is 0 Å². The van der Waals surface area contributed by atoms with Crippen molar-refractivity contribution < 1.29 is 14.7 Å². The zero-order chi connectivity index (χ0) is 16.0. The van der Waals surface area contributed by atoms with Crippen molar-refractivity contribution >= 4 is 12.0 Å². The lowest BCUT2D eigenvalue weighted by Crippen LogP contribution is -2.41. The molecule has 1 rings (SSSR count). The molecular weight excluding hydrogens is 272 g/mol. The molecule has 0 saturated heterocycles. The van der Waals surface area contributed by atoms with Crippen LogP contribution in [0.15, 0.2) is 12.4 Å². The number of amides is 2. The smallest absolute Gasteiger partial charge is 0.315 e. The van der Waals surface area contributed by atoms with Gasteiger partial charge in [0, 0.05) is 18.9 Å². The van der Waals surface area contributed by atoms with Crippen molar-refractivity contribution in [2.45, 2.75) is 40.2 Å². The number of hydrogen-bond acceptors (Lipinski definition) is 3. The fourth-order valence-corrected chi connectivity index (χ4v) is 2.03. The van der Waals surface area contributed by atoms with Gasteiger partial charge < -0.3 is 20.7 Å². The van der Waals surface area contributed by atoms with Crippen LogP contribution in [0.4, 0.5) is 4.79 Å². The molecule has 2 atom stereocenters. The molecule has 0 radical (unpaired) electrons. The fourth-order valence-electron chi connectivity index (χ4n) is 2.03. The Morgan fingerprint density at radius 2 is 2.10 bits per heavy atom. The summed E-state index contributed by atoms with van der Waals surface area (Å²) in [6, 6.07) is -0.676. The highest BCUT2D eigenvalue weighted by Gasteiger charge is 2.25. The Morgan fingerprint density at radius 3 is 2.57 bits per heavy atom. The van der Waals surface area contributed by atoms with Gasteiger partial charge in [0.2, 0.25) is 0 Å². The van der Waals surface area contributed by atoms with Crippen LogP contribution in [0.1, 0.15) is 46.0 Å². The summed E-state index contributed by atoms with van der Waals surface area (Å²) in [5, 5.41) is 14.5. The van der Waals surface area contributed by atoms with E-state index in [1.807, 2.05) is 20.8 Å². The second-order valence-corrected chi connectivity index (χ2v) is 6.35. The third kappa shape index (κ3) is 6.29. The maximum Gasteiger partial charge on any atom is 0.315 e. The molecule has 0 bridgehead atoms. The zero-order valence-corrected chi connectivity index (χ0v) is 12.9. The normalized spacial score (nSPS) is 14.3. The Labute approximate surface area is 124 Å². The van der Waals surface area contributed by atoms with Gasteiger partial charge in [-0.2, -0.15) is 0 Å². The lowest BCUT2D eigenvalue weighted by molar-refractivity contribution is -0.142. The van der Waals surface area contributed by atoms with Gasteiger partial charge in [-0.25, -0.2) is 9.78 Å². The molecule has 4 N–H and O–H groups in total. The summed E-state index contributed by atoms with van der Waals surface area (Å²) in [4.78, 5) is 30.0. The second-order valence-electron chi connectivity index (χ2n) is 6.35. The molecule has 0 spiro atoms. The number of carbonyl (C=O) groups is 2. The quantitative estimate of drug-likeness (QED) is 0.643. The molecule has 7 heteroatoms. The summed E-state index contributed by atoms with van der Waals surface area (Å²) < 4.78 is 0. The van der Waals surface area contributed by atoms with Crippen LogP contribution >= 0.6 is 0 Å². The van der Waals surface area contributed by atoms with Crippen LogP contribution in [0.3, 0.4) is 0 Å². The lowest BCUT2D eigenvalue weighted by Gasteiger charge is -2.23. The monoisotopic (exact) mass is 296 g/mol. The average Bonchev–Trinajstić information content (AvgIpc) is 2.86. The molecule has 2 unspecified atom stereocenters. The highest BCUT2D eigenvalue weighted by atomic mass is 16.4. The average molecular weight is 296 g/mol. The number of nitrogens with one attached hydrogen (secondary N) is 3. The Hall–Kier alpha value is -2.05. The van der Waals surface area contributed by atoms with E-state index in [0.717, 1.165) is 0 Å². The maximum absolute atomic E-state index is 11.8. The van der Waals surface area contributed by atoms with Gasteiger partial charge in [0.15, 0.2) is 0 Å². The van der Waals surface area contributed by atoms with E-state index in [1.54, 1.807) is 19.3 Å². The molecule has 0 aliphatic carbocycles. The van der Waals surface area contributed by atoms with Crippen LogP contribution in [0, 0.1) is 11.3 Å². The number of aromatic nitrogens is 2. The number of aliphatic carboxylic acids is 1. The Kier molecular flexibility index (Phi) is 5.75. The molecule has 118 valence electrons. The number of imidazole rings is 1. The minimum absolute atomic E-state index is 0.101. The summed E-state index contributed by atoms with van der Waals surface area (Å²) >= 11 is 0. The predicted molar refractivity (Wildman–Crippen MR) is 78.7 cm³/mol. The molecule has 1 aromatic rings. The standard InChI is InChI=1S/C14H24N4O3/c1-9(11-15-5-6-16-11)18-13(21)17-8-10(12(19)20)7-14(2,3)4/h5-6,9-10H,7-8H2,1-4H3,(H,15,16)(H,19,20)(H2,17,18,21). The van der Waals surface area contributed by atoms with Gasteiger partial charge in [-0.05, 0) is 18.8 Å². The third-order valence-electron chi connectivity index (χ3n) is 2.99. The summed E-state index contributed by atoms with van der Waals surface area (Å²) in [6.07, 6.45) is 3.78. The van der Waals surface area contributed by atoms with E-state index in [9.17, 15) is 14.7 Å². The molecular formula is C14H24N4O3. The van der Waals surface area contributed by atoms with E-state index in [1.165, 1.54) is 0 Å². The highest BCUT2D eigenvalue weighted by molar-refractivity contribution is 5.76. The number of carbonyl (C=O) groups excluding carboxylic acids is 1. The fraction of sp³-hybridized carbons (Fsp3) is 0.643. The summed E-state index contributed by atoms with van der Waals surface area (Å²) in [7, 11) is 0. The van der Waals surface area contributed by atoms with Crippen LogP contribution < -0.4 is 10.6 Å². The molecule has 1 heterocycles. The zero-order valence-electron chi connectivity index (χ0n) is 12.9. The van der Waals surface area contributed by atoms with Crippen molar-refractivity contribution in [2.75, 3.05) is 6.54 Å². The third-order valence-corrected chi connectivity index (χ3v) is 2.99. The summed E-state index contributed by atoms with van der Waals surface area (Å²) in [5.41, 5.74) is -0.108. The first-order valence-corrected chi connectivity index (χ1v) is 6.95. The van der Waals surface area contributed by atoms with Crippen LogP contribution in [0.25, 0.3) is 0 Å². The number of hydrogen-bond donors (Lipinski definition) is 4. The first-order chi connectivity index (χ1) is 9.69. The van der Waals surface area contributed by atoms with E-state index < -0.39 is 17.9 Å². The van der Waals surface area contributed by atoms with E-state index >= 15 is 0 Å². The van der Waals surface area contributed by atoms with Crippen LogP contribution in [0.2, 0.25) is 0 Å². The molecule has 2 amide bonds. The molecule has 21 heavy (non-hydrogen) atoms. The number of aromatic amines is 1. The van der Waals surface area contributed by atoms with Crippen LogP contribution in [-0.4, -0.2) is 33.6 Å². The van der Waals surface area contributed by atoms with Gasteiger partial charge >= 0.3 is 12.0 Å². The van der Waals surface area contributed by atoms with Crippen molar-refractivity contribution in [1.82, 2.24) is 20.6 Å². The van der Waals surface area contributed by atoms with E-state index in [-0.39, 0.29) is 18.0 Å². The van der Waals surface area contributed by atoms with Gasteiger partial charge in [-0.3, -0.25) is 4.79 Å². The first kappa shape index (κ1) is 17.0. The number of nitrogens with zero attached hydrogens (tertiary/aromatic N) is 1. The molecule has 7 nitrogen and oxygen atoms in total. The summed E-state index contributed by atoms with van der Waals surface area (Å²) in [6.45, 7) is 7.82. The molecule has 0 aliphatic rings. The number of H-pyrrole nitrogens is 1. The van der Waals surface area contributed by atoms with Crippen LogP contribution in [0.5, 0.6) is 0 Å². The first-order valence-electron chi connectivity index (χ1n) is 6.95. The minimum atomic E-state index is -0.899. The topological polar surface area (TPSA) is 107 Å². The molecule has 0 aromatic carbocycles. The van der Waals surface area contributed by atoms with E-state index in [0.29, 0.717) is 12.2 Å². The second kappa shape index (κ2) is 7.10.